The monoisotopic (exact) mass is 279 g/mol. The fourth-order valence-electron chi connectivity index (χ4n) is 2.89. The van der Waals surface area contributed by atoms with Gasteiger partial charge >= 0.3 is 0 Å². The molecule has 0 saturated carbocycles. The molecular formula is C16H25NOS. The molecule has 2 rings (SSSR count). The van der Waals surface area contributed by atoms with Gasteiger partial charge in [-0.25, -0.2) is 0 Å². The van der Waals surface area contributed by atoms with Gasteiger partial charge in [0, 0.05) is 11.8 Å². The zero-order chi connectivity index (χ0) is 13.7. The zero-order valence-corrected chi connectivity index (χ0v) is 13.0. The number of fused-ring (bicyclic) bond motifs is 1. The Morgan fingerprint density at radius 3 is 2.63 bits per heavy atom. The molecule has 1 aromatic rings. The lowest BCUT2D eigenvalue weighted by atomic mass is 9.97. The fraction of sp³-hybridized carbons (Fsp3) is 0.625. The maximum absolute atomic E-state index is 5.98. The molecule has 3 heteroatoms. The fourth-order valence-corrected chi connectivity index (χ4v) is 3.19. The molecule has 1 heterocycles. The lowest BCUT2D eigenvalue weighted by molar-refractivity contribution is 0.119. The highest BCUT2D eigenvalue weighted by atomic mass is 32.1. The maximum Gasteiger partial charge on any atom is 0.122 e. The van der Waals surface area contributed by atoms with Crippen LogP contribution in [0.3, 0.4) is 0 Å². The summed E-state index contributed by atoms with van der Waals surface area (Å²) >= 11 is 4.44. The number of rotatable bonds is 6. The second-order valence-electron chi connectivity index (χ2n) is 5.26. The Kier molecular flexibility index (Phi) is 5.59. The number of hydrogen-bond acceptors (Lipinski definition) is 3. The van der Waals surface area contributed by atoms with Crippen LogP contribution in [0.2, 0.25) is 0 Å². The van der Waals surface area contributed by atoms with Gasteiger partial charge in [0.05, 0.1) is 0 Å². The number of nitrogens with zero attached hydrogens (tertiary/aromatic N) is 1. The van der Waals surface area contributed by atoms with Crippen molar-refractivity contribution in [3.8, 4) is 5.75 Å². The lowest BCUT2D eigenvalue weighted by Gasteiger charge is -2.35. The number of hydrogen-bond donors (Lipinski definition) is 1. The molecule has 1 aromatic carbocycles. The second-order valence-corrected chi connectivity index (χ2v) is 5.57. The van der Waals surface area contributed by atoms with E-state index in [4.69, 9.17) is 4.74 Å². The molecule has 1 aliphatic rings. The molecule has 2 nitrogen and oxygen atoms in total. The van der Waals surface area contributed by atoms with Gasteiger partial charge in [0.1, 0.15) is 12.4 Å². The largest absolute Gasteiger partial charge is 0.492 e. The third kappa shape index (κ3) is 3.46. The predicted molar refractivity (Wildman–Crippen MR) is 84.3 cm³/mol. The Morgan fingerprint density at radius 1 is 1.26 bits per heavy atom. The average molecular weight is 279 g/mol. The molecule has 0 saturated heterocycles. The van der Waals surface area contributed by atoms with Crippen molar-refractivity contribution < 1.29 is 4.74 Å². The first-order valence-electron chi connectivity index (χ1n) is 7.38. The van der Waals surface area contributed by atoms with E-state index in [2.05, 4.69) is 49.6 Å². The third-order valence-corrected chi connectivity index (χ3v) is 4.15. The van der Waals surface area contributed by atoms with E-state index in [9.17, 15) is 0 Å². The Bertz CT molecular complexity index is 387. The quantitative estimate of drug-likeness (QED) is 0.800. The Hall–Kier alpha value is -0.670. The first kappa shape index (κ1) is 14.7. The first-order chi connectivity index (χ1) is 9.30. The summed E-state index contributed by atoms with van der Waals surface area (Å²) in [5.74, 6) is 1.86. The van der Waals surface area contributed by atoms with E-state index in [-0.39, 0.29) is 0 Å². The second kappa shape index (κ2) is 7.20. The highest BCUT2D eigenvalue weighted by molar-refractivity contribution is 7.79. The number of benzene rings is 1. The minimum absolute atomic E-state index is 0.522. The molecule has 0 bridgehead atoms. The summed E-state index contributed by atoms with van der Waals surface area (Å²) in [6, 6.07) is 6.85. The van der Waals surface area contributed by atoms with E-state index < -0.39 is 0 Å². The summed E-state index contributed by atoms with van der Waals surface area (Å²) in [5, 5.41) is 0. The van der Waals surface area contributed by atoms with Crippen molar-refractivity contribution in [2.45, 2.75) is 44.9 Å². The number of thiol groups is 1. The highest BCUT2D eigenvalue weighted by Gasteiger charge is 2.25. The maximum atomic E-state index is 5.98. The van der Waals surface area contributed by atoms with Crippen molar-refractivity contribution in [3.05, 3.63) is 29.3 Å². The molecule has 106 valence electrons. The van der Waals surface area contributed by atoms with Gasteiger partial charge in [-0.1, -0.05) is 26.0 Å². The summed E-state index contributed by atoms with van der Waals surface area (Å²) in [6.45, 7) is 7.66. The summed E-state index contributed by atoms with van der Waals surface area (Å²) in [4.78, 5) is 2.58. The normalized spacial score (nSPS) is 18.2. The van der Waals surface area contributed by atoms with E-state index in [0.717, 1.165) is 24.5 Å². The van der Waals surface area contributed by atoms with Gasteiger partial charge in [0.15, 0.2) is 0 Å². The van der Waals surface area contributed by atoms with Crippen molar-refractivity contribution in [1.29, 1.82) is 0 Å². The topological polar surface area (TPSA) is 12.5 Å². The molecule has 0 spiro atoms. The molecular weight excluding hydrogens is 254 g/mol. The van der Waals surface area contributed by atoms with Crippen LogP contribution in [-0.4, -0.2) is 30.6 Å². The van der Waals surface area contributed by atoms with Gasteiger partial charge < -0.3 is 4.74 Å². The van der Waals surface area contributed by atoms with Crippen molar-refractivity contribution in [3.63, 3.8) is 0 Å². The molecule has 0 fully saturated rings. The summed E-state index contributed by atoms with van der Waals surface area (Å²) < 4.78 is 5.98. The minimum Gasteiger partial charge on any atom is -0.492 e. The Labute approximate surface area is 122 Å². The van der Waals surface area contributed by atoms with Gasteiger partial charge in [0.2, 0.25) is 0 Å². The van der Waals surface area contributed by atoms with Crippen LogP contribution in [0.25, 0.3) is 0 Å². The standard InChI is InChI=1S/C16H25NOS/c1-3-8-17(9-4-2)14-10-15-13(12-19)6-5-7-16(15)18-11-14/h5-7,14,19H,3-4,8-12H2,1-2H3. The van der Waals surface area contributed by atoms with Crippen molar-refractivity contribution >= 4 is 12.6 Å². The summed E-state index contributed by atoms with van der Waals surface area (Å²) in [7, 11) is 0. The van der Waals surface area contributed by atoms with Gasteiger partial charge in [-0.3, -0.25) is 4.90 Å². The van der Waals surface area contributed by atoms with Crippen LogP contribution >= 0.6 is 12.6 Å². The van der Waals surface area contributed by atoms with E-state index in [0.29, 0.717) is 6.04 Å². The summed E-state index contributed by atoms with van der Waals surface area (Å²) in [6.07, 6.45) is 3.52. The summed E-state index contributed by atoms with van der Waals surface area (Å²) in [5.41, 5.74) is 2.68. The molecule has 0 aliphatic carbocycles. The molecule has 0 radical (unpaired) electrons. The predicted octanol–water partition coefficient (Wildman–Crippen LogP) is 3.54. The smallest absolute Gasteiger partial charge is 0.122 e. The molecule has 1 atom stereocenters. The SMILES string of the molecule is CCCN(CCC)C1COc2cccc(CS)c2C1. The van der Waals surface area contributed by atoms with Gasteiger partial charge in [-0.2, -0.15) is 12.6 Å². The molecule has 0 aromatic heterocycles. The van der Waals surface area contributed by atoms with Gasteiger partial charge in [-0.15, -0.1) is 0 Å². The number of ether oxygens (including phenoxy) is 1. The van der Waals surface area contributed by atoms with Crippen molar-refractivity contribution in [1.82, 2.24) is 4.90 Å². The Balaban J connectivity index is 2.15. The molecule has 1 unspecified atom stereocenters. The molecule has 0 N–H and O–H groups in total. The van der Waals surface area contributed by atoms with E-state index in [1.54, 1.807) is 0 Å². The molecule has 1 aliphatic heterocycles. The average Bonchev–Trinajstić information content (AvgIpc) is 2.46. The van der Waals surface area contributed by atoms with Crippen LogP contribution in [0.15, 0.2) is 18.2 Å². The zero-order valence-electron chi connectivity index (χ0n) is 12.1. The van der Waals surface area contributed by atoms with E-state index in [1.165, 1.54) is 37.1 Å². The van der Waals surface area contributed by atoms with Crippen LogP contribution in [0, 0.1) is 0 Å². The van der Waals surface area contributed by atoms with E-state index in [1.807, 2.05) is 0 Å². The lowest BCUT2D eigenvalue weighted by Crippen LogP contribution is -2.44. The van der Waals surface area contributed by atoms with Crippen LogP contribution in [-0.2, 0) is 12.2 Å². The minimum atomic E-state index is 0.522. The van der Waals surface area contributed by atoms with Crippen LogP contribution in [0.4, 0.5) is 0 Å². The van der Waals surface area contributed by atoms with Crippen LogP contribution in [0.5, 0.6) is 5.75 Å². The Morgan fingerprint density at radius 2 is 2.00 bits per heavy atom. The van der Waals surface area contributed by atoms with Crippen molar-refractivity contribution in [2.24, 2.45) is 0 Å². The third-order valence-electron chi connectivity index (χ3n) is 3.81. The van der Waals surface area contributed by atoms with Gasteiger partial charge in [-0.05, 0) is 49.5 Å². The van der Waals surface area contributed by atoms with Crippen LogP contribution < -0.4 is 4.74 Å². The highest BCUT2D eigenvalue weighted by Crippen LogP contribution is 2.30. The van der Waals surface area contributed by atoms with Crippen molar-refractivity contribution in [2.75, 3.05) is 19.7 Å². The molecule has 19 heavy (non-hydrogen) atoms. The first-order valence-corrected chi connectivity index (χ1v) is 8.01. The molecule has 0 amide bonds. The van der Waals surface area contributed by atoms with Crippen LogP contribution in [0.1, 0.15) is 37.8 Å². The van der Waals surface area contributed by atoms with Gasteiger partial charge in [0.25, 0.3) is 0 Å². The van der Waals surface area contributed by atoms with E-state index >= 15 is 0 Å².